The number of rotatable bonds is 6. The summed E-state index contributed by atoms with van der Waals surface area (Å²) in [6, 6.07) is 16.8. The smallest absolute Gasteiger partial charge is 0.269 e. The fraction of sp³-hybridized carbons (Fsp3) is 0.0769. The number of hydrogen-bond acceptors (Lipinski definition) is 4. The molecule has 6 heteroatoms. The van der Waals surface area contributed by atoms with Gasteiger partial charge in [0.25, 0.3) is 5.69 Å². The number of nitro groups is 1. The van der Waals surface area contributed by atoms with E-state index in [2.05, 4.69) is 22.1 Å². The van der Waals surface area contributed by atoms with Crippen LogP contribution < -0.4 is 0 Å². The Hall–Kier alpha value is -4.50. The SMILES string of the molecule is N#C\C(=C/C=C/C=C/C=C/c1ccc([N+](=O)[O-])cc1)C1=NCCc2c1[nH]c1ccccc21. The Kier molecular flexibility index (Phi) is 6.19. The number of nitrogens with one attached hydrogen (secondary N) is 1. The van der Waals surface area contributed by atoms with E-state index in [4.69, 9.17) is 0 Å². The van der Waals surface area contributed by atoms with E-state index < -0.39 is 4.92 Å². The summed E-state index contributed by atoms with van der Waals surface area (Å²) in [6.45, 7) is 0.667. The molecule has 0 saturated heterocycles. The number of hydrogen-bond donors (Lipinski definition) is 1. The molecule has 1 N–H and O–H groups in total. The molecule has 1 aliphatic rings. The number of aromatic amines is 1. The number of H-pyrrole nitrogens is 1. The zero-order chi connectivity index (χ0) is 22.3. The number of benzene rings is 2. The van der Waals surface area contributed by atoms with Crippen LogP contribution in [-0.4, -0.2) is 22.2 Å². The summed E-state index contributed by atoms with van der Waals surface area (Å²) < 4.78 is 0. The lowest BCUT2D eigenvalue weighted by Crippen LogP contribution is -2.14. The molecule has 3 aromatic rings. The molecule has 0 spiro atoms. The summed E-state index contributed by atoms with van der Waals surface area (Å²) in [5.74, 6) is 0. The van der Waals surface area contributed by atoms with Gasteiger partial charge in [-0.1, -0.05) is 54.7 Å². The van der Waals surface area contributed by atoms with Crippen molar-refractivity contribution in [3.05, 3.63) is 117 Å². The largest absolute Gasteiger partial charge is 0.353 e. The standard InChI is InChI=1S/C26H20N4O2/c27-18-20(25-26-23(16-17-28-25)22-10-6-7-11-24(22)29-26)9-5-3-1-2-4-8-19-12-14-21(15-13-19)30(31)32/h1-15,29H,16-17H2/b2-1+,5-3+,8-4+,20-9+. The van der Waals surface area contributed by atoms with Crippen LogP contribution in [-0.2, 0) is 6.42 Å². The maximum atomic E-state index is 10.7. The quantitative estimate of drug-likeness (QED) is 0.240. The zero-order valence-corrected chi connectivity index (χ0v) is 17.2. The number of aromatic nitrogens is 1. The van der Waals surface area contributed by atoms with Gasteiger partial charge in [0.15, 0.2) is 0 Å². The summed E-state index contributed by atoms with van der Waals surface area (Å²) in [4.78, 5) is 18.3. The number of nitro benzene ring substituents is 1. The molecule has 0 amide bonds. The number of aliphatic imine (C=N–C) groups is 1. The van der Waals surface area contributed by atoms with Crippen molar-refractivity contribution in [3.63, 3.8) is 0 Å². The van der Waals surface area contributed by atoms with Crippen LogP contribution in [0.4, 0.5) is 5.69 Å². The molecule has 156 valence electrons. The molecule has 2 heterocycles. The van der Waals surface area contributed by atoms with E-state index in [9.17, 15) is 15.4 Å². The number of para-hydroxylation sites is 1. The van der Waals surface area contributed by atoms with Crippen LogP contribution in [0.1, 0.15) is 16.8 Å². The van der Waals surface area contributed by atoms with Gasteiger partial charge in [0.05, 0.1) is 21.9 Å². The van der Waals surface area contributed by atoms with Crippen molar-refractivity contribution in [1.29, 1.82) is 5.26 Å². The molecule has 2 aromatic carbocycles. The molecule has 1 aromatic heterocycles. The van der Waals surface area contributed by atoms with E-state index >= 15 is 0 Å². The van der Waals surface area contributed by atoms with Crippen molar-refractivity contribution in [2.75, 3.05) is 6.54 Å². The highest BCUT2D eigenvalue weighted by Gasteiger charge is 2.21. The second-order valence-corrected chi connectivity index (χ2v) is 7.17. The fourth-order valence-corrected chi connectivity index (χ4v) is 3.63. The minimum absolute atomic E-state index is 0.0721. The van der Waals surface area contributed by atoms with Gasteiger partial charge in [0.2, 0.25) is 0 Å². The second-order valence-electron chi connectivity index (χ2n) is 7.17. The van der Waals surface area contributed by atoms with Crippen LogP contribution in [0.3, 0.4) is 0 Å². The molecule has 0 atom stereocenters. The predicted molar refractivity (Wildman–Crippen MR) is 128 cm³/mol. The highest BCUT2D eigenvalue weighted by molar-refractivity contribution is 6.17. The number of nitrogens with zero attached hydrogens (tertiary/aromatic N) is 3. The molecule has 4 rings (SSSR count). The predicted octanol–water partition coefficient (Wildman–Crippen LogP) is 5.70. The topological polar surface area (TPSA) is 95.1 Å². The van der Waals surface area contributed by atoms with Crippen LogP contribution in [0.2, 0.25) is 0 Å². The first kappa shape index (κ1) is 20.8. The monoisotopic (exact) mass is 420 g/mol. The first-order valence-electron chi connectivity index (χ1n) is 10.2. The first-order chi connectivity index (χ1) is 15.7. The van der Waals surface area contributed by atoms with Crippen LogP contribution in [0.5, 0.6) is 0 Å². The van der Waals surface area contributed by atoms with Crippen LogP contribution in [0.15, 0.2) is 95.6 Å². The minimum atomic E-state index is -0.418. The van der Waals surface area contributed by atoms with Crippen LogP contribution >= 0.6 is 0 Å². The molecule has 32 heavy (non-hydrogen) atoms. The Bertz CT molecular complexity index is 1350. The van der Waals surface area contributed by atoms with Gasteiger partial charge in [-0.3, -0.25) is 15.1 Å². The Labute approximate surface area is 185 Å². The Morgan fingerprint density at radius 3 is 2.59 bits per heavy atom. The third-order valence-electron chi connectivity index (χ3n) is 5.16. The Morgan fingerprint density at radius 1 is 1.06 bits per heavy atom. The van der Waals surface area contributed by atoms with Gasteiger partial charge in [-0.05, 0) is 41.8 Å². The molecule has 0 radical (unpaired) electrons. The highest BCUT2D eigenvalue weighted by Crippen LogP contribution is 2.27. The maximum absolute atomic E-state index is 10.7. The van der Waals surface area contributed by atoms with E-state index in [1.807, 2.05) is 54.7 Å². The average Bonchev–Trinajstić information content (AvgIpc) is 3.20. The molecular formula is C26H20N4O2. The van der Waals surface area contributed by atoms with Crippen molar-refractivity contribution in [2.24, 2.45) is 4.99 Å². The van der Waals surface area contributed by atoms with E-state index in [1.54, 1.807) is 18.2 Å². The van der Waals surface area contributed by atoms with Gasteiger partial charge in [0.1, 0.15) is 6.07 Å². The van der Waals surface area contributed by atoms with Gasteiger partial charge in [-0.25, -0.2) is 0 Å². The molecular weight excluding hydrogens is 400 g/mol. The van der Waals surface area contributed by atoms with E-state index in [0.29, 0.717) is 17.8 Å². The summed E-state index contributed by atoms with van der Waals surface area (Å²) >= 11 is 0. The molecule has 0 fully saturated rings. The van der Waals surface area contributed by atoms with Crippen LogP contribution in [0.25, 0.3) is 17.0 Å². The van der Waals surface area contributed by atoms with Crippen molar-refractivity contribution in [1.82, 2.24) is 4.98 Å². The minimum Gasteiger partial charge on any atom is -0.353 e. The van der Waals surface area contributed by atoms with Gasteiger partial charge < -0.3 is 4.98 Å². The summed E-state index contributed by atoms with van der Waals surface area (Å²) in [5, 5.41) is 21.5. The van der Waals surface area contributed by atoms with E-state index in [0.717, 1.165) is 23.2 Å². The van der Waals surface area contributed by atoms with Crippen molar-refractivity contribution in [2.45, 2.75) is 6.42 Å². The molecule has 1 aliphatic heterocycles. The molecule has 0 bridgehead atoms. The zero-order valence-electron chi connectivity index (χ0n) is 17.2. The van der Waals surface area contributed by atoms with Crippen molar-refractivity contribution < 1.29 is 4.92 Å². The third-order valence-corrected chi connectivity index (χ3v) is 5.16. The highest BCUT2D eigenvalue weighted by atomic mass is 16.6. The number of nitriles is 1. The van der Waals surface area contributed by atoms with Gasteiger partial charge >= 0.3 is 0 Å². The van der Waals surface area contributed by atoms with Gasteiger partial charge in [0, 0.05) is 29.6 Å². The molecule has 6 nitrogen and oxygen atoms in total. The summed E-state index contributed by atoms with van der Waals surface area (Å²) in [7, 11) is 0. The fourth-order valence-electron chi connectivity index (χ4n) is 3.63. The lowest BCUT2D eigenvalue weighted by molar-refractivity contribution is -0.384. The number of fused-ring (bicyclic) bond motifs is 3. The molecule has 0 saturated carbocycles. The van der Waals surface area contributed by atoms with E-state index in [-0.39, 0.29) is 5.69 Å². The third kappa shape index (κ3) is 4.47. The Morgan fingerprint density at radius 2 is 1.81 bits per heavy atom. The van der Waals surface area contributed by atoms with Crippen molar-refractivity contribution >= 4 is 28.4 Å². The second kappa shape index (κ2) is 9.54. The average molecular weight is 420 g/mol. The molecule has 0 unspecified atom stereocenters. The lowest BCUT2D eigenvalue weighted by Gasteiger charge is -2.12. The van der Waals surface area contributed by atoms with Crippen molar-refractivity contribution in [3.8, 4) is 6.07 Å². The van der Waals surface area contributed by atoms with Gasteiger partial charge in [-0.2, -0.15) is 5.26 Å². The molecule has 0 aliphatic carbocycles. The van der Waals surface area contributed by atoms with Gasteiger partial charge in [-0.15, -0.1) is 0 Å². The lowest BCUT2D eigenvalue weighted by atomic mass is 9.98. The maximum Gasteiger partial charge on any atom is 0.269 e. The summed E-state index contributed by atoms with van der Waals surface area (Å²) in [5.41, 5.74) is 5.37. The normalized spacial score (nSPS) is 14.2. The Balaban J connectivity index is 1.44. The number of non-ortho nitro benzene ring substituents is 1. The summed E-state index contributed by atoms with van der Waals surface area (Å²) in [6.07, 6.45) is 13.7. The van der Waals surface area contributed by atoms with Crippen LogP contribution in [0, 0.1) is 21.4 Å². The first-order valence-corrected chi connectivity index (χ1v) is 10.2. The number of allylic oxidation sites excluding steroid dienone is 7. The van der Waals surface area contributed by atoms with E-state index in [1.165, 1.54) is 23.1 Å².